The number of halogens is 1. The second-order valence-electron chi connectivity index (χ2n) is 5.47. The minimum atomic E-state index is -0.860. The smallest absolute Gasteiger partial charge is 0.323 e. The number of nitrogens with one attached hydrogen (secondary N) is 1. The van der Waals surface area contributed by atoms with Gasteiger partial charge in [0.25, 0.3) is 0 Å². The lowest BCUT2D eigenvalue weighted by Gasteiger charge is -2.30. The fourth-order valence-electron chi connectivity index (χ4n) is 2.86. The summed E-state index contributed by atoms with van der Waals surface area (Å²) in [5.74, 6) is -0.781. The zero-order chi connectivity index (χ0) is 14.0. The first kappa shape index (κ1) is 14.4. The van der Waals surface area contributed by atoms with E-state index < -0.39 is 11.5 Å². The van der Waals surface area contributed by atoms with E-state index in [1.54, 1.807) is 6.92 Å². The van der Waals surface area contributed by atoms with Gasteiger partial charge in [0, 0.05) is 11.1 Å². The second-order valence-corrected chi connectivity index (χ2v) is 5.90. The lowest BCUT2D eigenvalue weighted by atomic mass is 9.94. The highest BCUT2D eigenvalue weighted by Crippen LogP contribution is 2.34. The van der Waals surface area contributed by atoms with Crippen molar-refractivity contribution < 1.29 is 9.90 Å². The van der Waals surface area contributed by atoms with Gasteiger partial charge < -0.3 is 5.11 Å². The molecule has 0 aliphatic heterocycles. The van der Waals surface area contributed by atoms with Gasteiger partial charge in [0.15, 0.2) is 0 Å². The molecular formula is C15H20ClNO2. The van der Waals surface area contributed by atoms with Crippen molar-refractivity contribution in [3.05, 3.63) is 34.3 Å². The van der Waals surface area contributed by atoms with E-state index in [0.717, 1.165) is 24.3 Å². The minimum absolute atomic E-state index is 0.111. The van der Waals surface area contributed by atoms with Crippen LogP contribution in [-0.2, 0) is 11.2 Å². The van der Waals surface area contributed by atoms with Gasteiger partial charge >= 0.3 is 5.97 Å². The first-order valence-corrected chi connectivity index (χ1v) is 7.13. The molecule has 1 aliphatic carbocycles. The van der Waals surface area contributed by atoms with Crippen molar-refractivity contribution in [2.24, 2.45) is 0 Å². The van der Waals surface area contributed by atoms with Gasteiger partial charge in [-0.15, -0.1) is 0 Å². The lowest BCUT2D eigenvalue weighted by Crippen LogP contribution is -2.50. The van der Waals surface area contributed by atoms with Gasteiger partial charge in [0.1, 0.15) is 5.54 Å². The summed E-state index contributed by atoms with van der Waals surface area (Å²) in [6.45, 7) is 3.78. The predicted molar refractivity (Wildman–Crippen MR) is 76.6 cm³/mol. The Bertz CT molecular complexity index is 489. The molecule has 0 bridgehead atoms. The quantitative estimate of drug-likeness (QED) is 0.868. The average molecular weight is 282 g/mol. The van der Waals surface area contributed by atoms with E-state index in [2.05, 4.69) is 5.32 Å². The van der Waals surface area contributed by atoms with Gasteiger partial charge in [-0.05, 0) is 49.4 Å². The van der Waals surface area contributed by atoms with E-state index in [-0.39, 0.29) is 6.04 Å². The highest BCUT2D eigenvalue weighted by molar-refractivity contribution is 6.30. The fourth-order valence-corrected chi connectivity index (χ4v) is 3.06. The second kappa shape index (κ2) is 5.51. The number of carboxylic acids is 1. The molecule has 2 N–H and O–H groups in total. The van der Waals surface area contributed by atoms with Crippen LogP contribution < -0.4 is 5.32 Å². The minimum Gasteiger partial charge on any atom is -0.480 e. The Morgan fingerprint density at radius 1 is 1.58 bits per heavy atom. The van der Waals surface area contributed by atoms with Crippen molar-refractivity contribution in [1.29, 1.82) is 0 Å². The van der Waals surface area contributed by atoms with Crippen LogP contribution >= 0.6 is 11.6 Å². The fraction of sp³-hybridized carbons (Fsp3) is 0.533. The van der Waals surface area contributed by atoms with E-state index in [0.29, 0.717) is 6.42 Å². The summed E-state index contributed by atoms with van der Waals surface area (Å²) in [4.78, 5) is 11.5. The Labute approximate surface area is 119 Å². The van der Waals surface area contributed by atoms with Crippen LogP contribution in [0.25, 0.3) is 0 Å². The molecule has 1 aliphatic rings. The summed E-state index contributed by atoms with van der Waals surface area (Å²) in [7, 11) is 0. The number of aryl methyl sites for hydroxylation is 1. The van der Waals surface area contributed by atoms with Crippen molar-refractivity contribution in [3.8, 4) is 0 Å². The Morgan fingerprint density at radius 2 is 2.32 bits per heavy atom. The molecule has 2 rings (SSSR count). The summed E-state index contributed by atoms with van der Waals surface area (Å²) in [6, 6.07) is 5.98. The van der Waals surface area contributed by atoms with Crippen LogP contribution in [0.2, 0.25) is 5.02 Å². The monoisotopic (exact) mass is 281 g/mol. The van der Waals surface area contributed by atoms with E-state index >= 15 is 0 Å². The van der Waals surface area contributed by atoms with Gasteiger partial charge in [-0.3, -0.25) is 10.1 Å². The third-order valence-electron chi connectivity index (χ3n) is 3.90. The first-order valence-electron chi connectivity index (χ1n) is 6.75. The van der Waals surface area contributed by atoms with Gasteiger partial charge in [-0.1, -0.05) is 31.0 Å². The summed E-state index contributed by atoms with van der Waals surface area (Å²) in [5.41, 5.74) is 1.56. The number of aliphatic carboxylic acids is 1. The van der Waals surface area contributed by atoms with E-state index in [9.17, 15) is 9.90 Å². The van der Waals surface area contributed by atoms with Crippen molar-refractivity contribution in [3.63, 3.8) is 0 Å². The molecule has 0 aromatic heterocycles. The zero-order valence-electron chi connectivity index (χ0n) is 11.4. The molecule has 0 fully saturated rings. The molecule has 1 aromatic rings. The topological polar surface area (TPSA) is 49.3 Å². The van der Waals surface area contributed by atoms with Gasteiger partial charge in [0.2, 0.25) is 0 Å². The zero-order valence-corrected chi connectivity index (χ0v) is 12.1. The highest BCUT2D eigenvalue weighted by Gasteiger charge is 2.36. The van der Waals surface area contributed by atoms with E-state index in [1.807, 2.05) is 25.1 Å². The van der Waals surface area contributed by atoms with Crippen molar-refractivity contribution in [1.82, 2.24) is 5.32 Å². The number of fused-ring (bicyclic) bond motifs is 1. The highest BCUT2D eigenvalue weighted by atomic mass is 35.5. The molecule has 0 spiro atoms. The van der Waals surface area contributed by atoms with Crippen LogP contribution in [0.5, 0.6) is 0 Å². The third kappa shape index (κ3) is 2.93. The molecule has 19 heavy (non-hydrogen) atoms. The Balaban J connectivity index is 2.20. The maximum absolute atomic E-state index is 11.5. The standard InChI is InChI=1S/C15H20ClNO2/c1-3-8-15(2,14(18)19)17-13-7-4-10-9-11(16)5-6-12(10)13/h5-6,9,13,17H,3-4,7-8H2,1-2H3,(H,18,19). The van der Waals surface area contributed by atoms with Gasteiger partial charge in [-0.25, -0.2) is 0 Å². The SMILES string of the molecule is CCCC(C)(NC1CCc2cc(Cl)ccc21)C(=O)O. The molecule has 0 heterocycles. The Morgan fingerprint density at radius 3 is 2.95 bits per heavy atom. The van der Waals surface area contributed by atoms with Crippen LogP contribution in [0.1, 0.15) is 50.3 Å². The molecule has 2 atom stereocenters. The molecular weight excluding hydrogens is 262 g/mol. The Hall–Kier alpha value is -1.06. The summed E-state index contributed by atoms with van der Waals surface area (Å²) in [5, 5.41) is 13.5. The normalized spacial score (nSPS) is 20.9. The number of hydrogen-bond acceptors (Lipinski definition) is 2. The molecule has 0 radical (unpaired) electrons. The van der Waals surface area contributed by atoms with Crippen molar-refractivity contribution in [2.75, 3.05) is 0 Å². The molecule has 1 aromatic carbocycles. The van der Waals surface area contributed by atoms with Gasteiger partial charge in [0.05, 0.1) is 0 Å². The molecule has 4 heteroatoms. The van der Waals surface area contributed by atoms with Gasteiger partial charge in [-0.2, -0.15) is 0 Å². The summed E-state index contributed by atoms with van der Waals surface area (Å²) >= 11 is 5.99. The molecule has 0 saturated carbocycles. The Kier molecular flexibility index (Phi) is 4.16. The van der Waals surface area contributed by atoms with Crippen LogP contribution in [0, 0.1) is 0 Å². The number of carbonyl (C=O) groups is 1. The van der Waals surface area contributed by atoms with E-state index in [1.165, 1.54) is 11.1 Å². The summed E-state index contributed by atoms with van der Waals surface area (Å²) in [6.07, 6.45) is 3.36. The maximum atomic E-state index is 11.5. The molecule has 2 unspecified atom stereocenters. The molecule has 3 nitrogen and oxygen atoms in total. The molecule has 0 saturated heterocycles. The lowest BCUT2D eigenvalue weighted by molar-refractivity contribution is -0.144. The molecule has 0 amide bonds. The van der Waals surface area contributed by atoms with Crippen LogP contribution in [0.15, 0.2) is 18.2 Å². The van der Waals surface area contributed by atoms with E-state index in [4.69, 9.17) is 11.6 Å². The largest absolute Gasteiger partial charge is 0.480 e. The number of rotatable bonds is 5. The third-order valence-corrected chi connectivity index (χ3v) is 4.13. The maximum Gasteiger partial charge on any atom is 0.323 e. The number of hydrogen-bond donors (Lipinski definition) is 2. The summed E-state index contributed by atoms with van der Waals surface area (Å²) < 4.78 is 0. The number of benzene rings is 1. The molecule has 104 valence electrons. The van der Waals surface area contributed by atoms with Crippen molar-refractivity contribution in [2.45, 2.75) is 51.1 Å². The van der Waals surface area contributed by atoms with Crippen LogP contribution in [0.3, 0.4) is 0 Å². The van der Waals surface area contributed by atoms with Crippen molar-refractivity contribution >= 4 is 17.6 Å². The van der Waals surface area contributed by atoms with Crippen LogP contribution in [-0.4, -0.2) is 16.6 Å². The average Bonchev–Trinajstić information content (AvgIpc) is 2.71. The first-order chi connectivity index (χ1) is 8.96. The number of carboxylic acid groups (broad SMARTS) is 1. The van der Waals surface area contributed by atoms with Crippen LogP contribution in [0.4, 0.5) is 0 Å². The predicted octanol–water partition coefficient (Wildman–Crippen LogP) is 3.56.